The Morgan fingerprint density at radius 3 is 2.74 bits per heavy atom. The molecule has 0 amide bonds. The normalized spacial score (nSPS) is 16.0. The van der Waals surface area contributed by atoms with Crippen LogP contribution in [-0.4, -0.2) is 34.8 Å². The highest BCUT2D eigenvalue weighted by Gasteiger charge is 2.35. The molecular formula is C20H19N3O4. The van der Waals surface area contributed by atoms with Crippen molar-refractivity contribution in [2.24, 2.45) is 0 Å². The Morgan fingerprint density at radius 2 is 2.00 bits per heavy atom. The minimum Gasteiger partial charge on any atom is -0.504 e. The minimum absolute atomic E-state index is 0.0335. The van der Waals surface area contributed by atoms with Crippen LogP contribution < -0.4 is 10.1 Å². The van der Waals surface area contributed by atoms with Crippen LogP contribution in [0.25, 0.3) is 11.0 Å². The van der Waals surface area contributed by atoms with Gasteiger partial charge in [-0.05, 0) is 36.8 Å². The van der Waals surface area contributed by atoms with Crippen LogP contribution in [0.3, 0.4) is 0 Å². The number of esters is 1. The molecule has 2 N–H and O–H groups in total. The Morgan fingerprint density at radius 1 is 1.22 bits per heavy atom. The van der Waals surface area contributed by atoms with Crippen molar-refractivity contribution in [1.29, 1.82) is 0 Å². The molecule has 1 atom stereocenters. The summed E-state index contributed by atoms with van der Waals surface area (Å²) in [5, 5.41) is 13.2. The Kier molecular flexibility index (Phi) is 3.99. The summed E-state index contributed by atoms with van der Waals surface area (Å²) in [5.41, 5.74) is 3.61. The number of ether oxygens (including phenoxy) is 2. The number of aromatic nitrogens is 2. The molecule has 1 aliphatic rings. The number of hydrogen-bond acceptors (Lipinski definition) is 6. The Hall–Kier alpha value is -3.48. The van der Waals surface area contributed by atoms with Crippen LogP contribution >= 0.6 is 0 Å². The van der Waals surface area contributed by atoms with E-state index in [-0.39, 0.29) is 5.75 Å². The molecule has 0 fully saturated rings. The van der Waals surface area contributed by atoms with Crippen molar-refractivity contribution in [2.75, 3.05) is 19.5 Å². The molecule has 0 saturated heterocycles. The molecule has 0 radical (unpaired) electrons. The summed E-state index contributed by atoms with van der Waals surface area (Å²) < 4.78 is 12.3. The second kappa shape index (κ2) is 6.35. The van der Waals surface area contributed by atoms with E-state index in [1.807, 2.05) is 35.8 Å². The molecule has 2 aromatic carbocycles. The lowest BCUT2D eigenvalue weighted by Gasteiger charge is -2.30. The van der Waals surface area contributed by atoms with Crippen LogP contribution in [0.4, 0.5) is 5.95 Å². The quantitative estimate of drug-likeness (QED) is 0.693. The number of hydrogen-bond donors (Lipinski definition) is 2. The summed E-state index contributed by atoms with van der Waals surface area (Å²) in [4.78, 5) is 17.3. The third-order valence-electron chi connectivity index (χ3n) is 4.76. The number of methoxy groups -OCH3 is 2. The molecule has 4 rings (SSSR count). The van der Waals surface area contributed by atoms with Gasteiger partial charge in [0.25, 0.3) is 0 Å². The molecule has 2 heterocycles. The van der Waals surface area contributed by atoms with E-state index in [0.717, 1.165) is 16.6 Å². The van der Waals surface area contributed by atoms with E-state index in [2.05, 4.69) is 10.3 Å². The lowest BCUT2D eigenvalue weighted by atomic mass is 9.94. The van der Waals surface area contributed by atoms with E-state index >= 15 is 0 Å². The van der Waals surface area contributed by atoms with Gasteiger partial charge in [-0.3, -0.25) is 4.57 Å². The Balaban J connectivity index is 2.01. The van der Waals surface area contributed by atoms with E-state index in [1.165, 1.54) is 14.2 Å². The van der Waals surface area contributed by atoms with Gasteiger partial charge in [0.05, 0.1) is 36.9 Å². The zero-order chi connectivity index (χ0) is 19.1. The largest absolute Gasteiger partial charge is 0.504 e. The van der Waals surface area contributed by atoms with Crippen molar-refractivity contribution in [1.82, 2.24) is 9.55 Å². The molecule has 1 aliphatic heterocycles. The van der Waals surface area contributed by atoms with Crippen LogP contribution in [0.15, 0.2) is 53.7 Å². The van der Waals surface area contributed by atoms with Gasteiger partial charge in [-0.1, -0.05) is 18.2 Å². The number of anilines is 1. The molecule has 0 saturated carbocycles. The van der Waals surface area contributed by atoms with Crippen LogP contribution in [0.2, 0.25) is 0 Å². The van der Waals surface area contributed by atoms with Gasteiger partial charge >= 0.3 is 5.97 Å². The molecule has 27 heavy (non-hydrogen) atoms. The number of para-hydroxylation sites is 2. The van der Waals surface area contributed by atoms with Crippen molar-refractivity contribution in [2.45, 2.75) is 13.0 Å². The molecule has 138 valence electrons. The predicted molar refractivity (Wildman–Crippen MR) is 101 cm³/mol. The fraction of sp³-hybridized carbons (Fsp3) is 0.200. The highest BCUT2D eigenvalue weighted by molar-refractivity contribution is 5.94. The molecule has 0 spiro atoms. The number of phenolic OH excluding ortho intramolecular Hbond substituents is 1. The predicted octanol–water partition coefficient (Wildman–Crippen LogP) is 3.21. The molecule has 0 bridgehead atoms. The molecule has 7 nitrogen and oxygen atoms in total. The first-order chi connectivity index (χ1) is 13.0. The number of carbonyl (C=O) groups excluding carboxylic acids is 1. The number of allylic oxidation sites excluding steroid dienone is 1. The van der Waals surface area contributed by atoms with E-state index in [1.54, 1.807) is 18.2 Å². The lowest BCUT2D eigenvalue weighted by molar-refractivity contribution is -0.136. The number of nitrogens with one attached hydrogen (secondary N) is 1. The maximum absolute atomic E-state index is 12.6. The van der Waals surface area contributed by atoms with E-state index in [9.17, 15) is 9.90 Å². The zero-order valence-electron chi connectivity index (χ0n) is 15.2. The molecule has 7 heteroatoms. The summed E-state index contributed by atoms with van der Waals surface area (Å²) in [6, 6.07) is 12.3. The van der Waals surface area contributed by atoms with Gasteiger partial charge in [0.15, 0.2) is 11.5 Å². The van der Waals surface area contributed by atoms with Gasteiger partial charge in [-0.15, -0.1) is 0 Å². The second-order valence-electron chi connectivity index (χ2n) is 6.28. The van der Waals surface area contributed by atoms with Crippen LogP contribution in [0, 0.1) is 0 Å². The molecule has 3 aromatic rings. The number of phenols is 1. The van der Waals surface area contributed by atoms with Crippen LogP contribution in [0.5, 0.6) is 11.5 Å². The second-order valence-corrected chi connectivity index (χ2v) is 6.28. The first-order valence-electron chi connectivity index (χ1n) is 8.45. The van der Waals surface area contributed by atoms with Gasteiger partial charge < -0.3 is 19.9 Å². The third-order valence-corrected chi connectivity index (χ3v) is 4.76. The van der Waals surface area contributed by atoms with Crippen molar-refractivity contribution < 1.29 is 19.4 Å². The molecule has 0 unspecified atom stereocenters. The van der Waals surface area contributed by atoms with Gasteiger partial charge in [-0.25, -0.2) is 9.78 Å². The fourth-order valence-corrected chi connectivity index (χ4v) is 3.52. The Bertz CT molecular complexity index is 1080. The maximum Gasteiger partial charge on any atom is 0.337 e. The first-order valence-corrected chi connectivity index (χ1v) is 8.45. The fourth-order valence-electron chi connectivity index (χ4n) is 3.52. The third kappa shape index (κ3) is 2.59. The summed E-state index contributed by atoms with van der Waals surface area (Å²) >= 11 is 0. The summed E-state index contributed by atoms with van der Waals surface area (Å²) in [7, 11) is 2.85. The van der Waals surface area contributed by atoms with Crippen molar-refractivity contribution in [3.8, 4) is 11.5 Å². The number of fused-ring (bicyclic) bond motifs is 3. The highest BCUT2D eigenvalue weighted by atomic mass is 16.5. The standard InChI is InChI=1S/C20H19N3O4/c1-11-17(19(25)27-3)18(12-8-9-15(24)16(10-12)26-2)23-14-7-5-4-6-13(14)22-20(23)21-11/h4-10,18,24H,1-3H3,(H,21,22)/t18-/m0/s1. The number of benzene rings is 2. The smallest absolute Gasteiger partial charge is 0.337 e. The Labute approximate surface area is 155 Å². The SMILES string of the molecule is COC(=O)C1=C(C)Nc2nc3ccccc3n2[C@H]1c1ccc(O)c(OC)c1. The van der Waals surface area contributed by atoms with E-state index in [4.69, 9.17) is 9.47 Å². The summed E-state index contributed by atoms with van der Waals surface area (Å²) in [6.45, 7) is 1.82. The number of imidazole rings is 1. The van der Waals surface area contributed by atoms with E-state index in [0.29, 0.717) is 23.0 Å². The number of aromatic hydroxyl groups is 1. The highest BCUT2D eigenvalue weighted by Crippen LogP contribution is 2.41. The molecule has 1 aromatic heterocycles. The zero-order valence-corrected chi connectivity index (χ0v) is 15.2. The van der Waals surface area contributed by atoms with Crippen LogP contribution in [0.1, 0.15) is 18.5 Å². The van der Waals surface area contributed by atoms with Crippen molar-refractivity contribution in [3.63, 3.8) is 0 Å². The first kappa shape index (κ1) is 17.0. The van der Waals surface area contributed by atoms with Crippen LogP contribution in [-0.2, 0) is 9.53 Å². The van der Waals surface area contributed by atoms with Gasteiger partial charge in [0.2, 0.25) is 5.95 Å². The number of rotatable bonds is 3. The van der Waals surface area contributed by atoms with Gasteiger partial charge in [0, 0.05) is 5.70 Å². The molecular weight excluding hydrogens is 346 g/mol. The van der Waals surface area contributed by atoms with Gasteiger partial charge in [-0.2, -0.15) is 0 Å². The number of nitrogens with zero attached hydrogens (tertiary/aromatic N) is 2. The van der Waals surface area contributed by atoms with Crippen molar-refractivity contribution in [3.05, 3.63) is 59.3 Å². The van der Waals surface area contributed by atoms with E-state index < -0.39 is 12.0 Å². The summed E-state index contributed by atoms with van der Waals surface area (Å²) in [5.74, 6) is 0.573. The topological polar surface area (TPSA) is 85.6 Å². The van der Waals surface area contributed by atoms with Gasteiger partial charge in [0.1, 0.15) is 0 Å². The molecule has 0 aliphatic carbocycles. The maximum atomic E-state index is 12.6. The average Bonchev–Trinajstić information content (AvgIpc) is 3.04. The summed E-state index contributed by atoms with van der Waals surface area (Å²) in [6.07, 6.45) is 0. The average molecular weight is 365 g/mol. The minimum atomic E-state index is -0.476. The lowest BCUT2D eigenvalue weighted by Crippen LogP contribution is -2.28. The van der Waals surface area contributed by atoms with Crippen molar-refractivity contribution >= 4 is 23.0 Å². The number of carbonyl (C=O) groups is 1. The monoisotopic (exact) mass is 365 g/mol.